The number of halogens is 2. The van der Waals surface area contributed by atoms with Crippen molar-refractivity contribution in [1.29, 1.82) is 0 Å². The minimum Gasteiger partial charge on any atom is -0.477 e. The third-order valence-electron chi connectivity index (χ3n) is 5.67. The molecule has 1 amide bonds. The average molecular weight is 456 g/mol. The fourth-order valence-electron chi connectivity index (χ4n) is 3.96. The number of piperazine rings is 1. The summed E-state index contributed by atoms with van der Waals surface area (Å²) >= 11 is 0. The molecule has 0 spiro atoms. The predicted octanol–water partition coefficient (Wildman–Crippen LogP) is 2.68. The van der Waals surface area contributed by atoms with Gasteiger partial charge in [0.1, 0.15) is 17.2 Å². The molecular weight excluding hydrogens is 434 g/mol. The van der Waals surface area contributed by atoms with E-state index in [1.807, 2.05) is 11.9 Å². The highest BCUT2D eigenvalue weighted by atomic mass is 19.1. The first kappa shape index (κ1) is 22.4. The van der Waals surface area contributed by atoms with Crippen LogP contribution >= 0.6 is 0 Å². The van der Waals surface area contributed by atoms with E-state index in [-0.39, 0.29) is 33.9 Å². The molecule has 10 heteroatoms. The van der Waals surface area contributed by atoms with Crippen molar-refractivity contribution in [3.05, 3.63) is 63.9 Å². The molecule has 1 saturated heterocycles. The molecule has 33 heavy (non-hydrogen) atoms. The van der Waals surface area contributed by atoms with Gasteiger partial charge in [0.15, 0.2) is 0 Å². The number of hydrogen-bond acceptors (Lipinski definition) is 5. The molecule has 2 heterocycles. The van der Waals surface area contributed by atoms with Crippen LogP contribution in [0.4, 0.5) is 20.2 Å². The van der Waals surface area contributed by atoms with Gasteiger partial charge in [-0.25, -0.2) is 13.6 Å². The van der Waals surface area contributed by atoms with Gasteiger partial charge in [0.25, 0.3) is 0 Å². The van der Waals surface area contributed by atoms with Crippen molar-refractivity contribution in [1.82, 2.24) is 9.47 Å². The summed E-state index contributed by atoms with van der Waals surface area (Å²) in [5, 5.41) is 11.8. The van der Waals surface area contributed by atoms with Crippen LogP contribution in [-0.4, -0.2) is 59.7 Å². The first-order valence-corrected chi connectivity index (χ1v) is 10.3. The van der Waals surface area contributed by atoms with Crippen LogP contribution in [0.25, 0.3) is 16.6 Å². The number of likely N-dealkylation sites (N-methyl/N-ethyl adjacent to an activating group) is 1. The van der Waals surface area contributed by atoms with E-state index in [1.54, 1.807) is 0 Å². The number of fused-ring (bicyclic) bond motifs is 1. The van der Waals surface area contributed by atoms with Gasteiger partial charge in [-0.1, -0.05) is 0 Å². The van der Waals surface area contributed by atoms with E-state index >= 15 is 8.78 Å². The number of hydrogen-bond donors (Lipinski definition) is 2. The fraction of sp³-hybridized carbons (Fsp3) is 0.261. The molecule has 0 aliphatic carbocycles. The molecule has 4 rings (SSSR count). The SMILES string of the molecule is CC(=O)Nc1ccc(-n2cc(C(=O)O)c(=O)c3cc(F)c(N4CCN(C)CC4)cc32)c(F)c1. The molecule has 0 atom stereocenters. The van der Waals surface area contributed by atoms with E-state index < -0.39 is 28.6 Å². The van der Waals surface area contributed by atoms with E-state index in [9.17, 15) is 19.5 Å². The Bertz CT molecular complexity index is 1330. The topological polar surface area (TPSA) is 94.9 Å². The van der Waals surface area contributed by atoms with Crippen LogP contribution < -0.4 is 15.6 Å². The van der Waals surface area contributed by atoms with Crippen molar-refractivity contribution in [3.63, 3.8) is 0 Å². The Hall–Kier alpha value is -3.79. The van der Waals surface area contributed by atoms with Crippen molar-refractivity contribution < 1.29 is 23.5 Å². The van der Waals surface area contributed by atoms with Gasteiger partial charge >= 0.3 is 5.97 Å². The third-order valence-corrected chi connectivity index (χ3v) is 5.67. The number of rotatable bonds is 4. The Morgan fingerprint density at radius 3 is 2.27 bits per heavy atom. The average Bonchev–Trinajstić information content (AvgIpc) is 2.75. The van der Waals surface area contributed by atoms with Crippen molar-refractivity contribution in [2.24, 2.45) is 0 Å². The summed E-state index contributed by atoms with van der Waals surface area (Å²) in [6.45, 7) is 3.86. The summed E-state index contributed by atoms with van der Waals surface area (Å²) in [5.74, 6) is -3.29. The lowest BCUT2D eigenvalue weighted by Crippen LogP contribution is -2.44. The van der Waals surface area contributed by atoms with Crippen LogP contribution in [0.1, 0.15) is 17.3 Å². The van der Waals surface area contributed by atoms with Crippen LogP contribution in [0.3, 0.4) is 0 Å². The first-order valence-electron chi connectivity index (χ1n) is 10.3. The monoisotopic (exact) mass is 456 g/mol. The molecule has 1 aliphatic rings. The Kier molecular flexibility index (Phi) is 5.86. The van der Waals surface area contributed by atoms with Gasteiger partial charge in [0.05, 0.1) is 16.9 Å². The van der Waals surface area contributed by atoms with Crippen LogP contribution in [0, 0.1) is 11.6 Å². The summed E-state index contributed by atoms with van der Waals surface area (Å²) < 4.78 is 31.3. The quantitative estimate of drug-likeness (QED) is 0.627. The number of carboxylic acids is 1. The zero-order valence-electron chi connectivity index (χ0n) is 18.1. The molecule has 2 N–H and O–H groups in total. The molecule has 0 unspecified atom stereocenters. The molecule has 2 aromatic carbocycles. The molecule has 8 nitrogen and oxygen atoms in total. The van der Waals surface area contributed by atoms with Crippen LogP contribution in [0.2, 0.25) is 0 Å². The van der Waals surface area contributed by atoms with E-state index in [4.69, 9.17) is 0 Å². The van der Waals surface area contributed by atoms with Crippen LogP contribution in [0.15, 0.2) is 41.3 Å². The minimum atomic E-state index is -1.51. The minimum absolute atomic E-state index is 0.0486. The molecule has 1 aromatic heterocycles. The second-order valence-corrected chi connectivity index (χ2v) is 8.01. The largest absolute Gasteiger partial charge is 0.477 e. The molecule has 0 bridgehead atoms. The van der Waals surface area contributed by atoms with Gasteiger partial charge in [0, 0.05) is 50.4 Å². The maximum atomic E-state index is 15.0. The molecule has 0 radical (unpaired) electrons. The van der Waals surface area contributed by atoms with Crippen molar-refractivity contribution >= 4 is 34.2 Å². The predicted molar refractivity (Wildman–Crippen MR) is 120 cm³/mol. The van der Waals surface area contributed by atoms with Gasteiger partial charge < -0.3 is 24.8 Å². The normalized spacial score (nSPS) is 14.5. The summed E-state index contributed by atoms with van der Waals surface area (Å²) in [6, 6.07) is 6.36. The zero-order chi connectivity index (χ0) is 23.9. The summed E-state index contributed by atoms with van der Waals surface area (Å²) in [6.07, 6.45) is 1.04. The van der Waals surface area contributed by atoms with Gasteiger partial charge in [-0.15, -0.1) is 0 Å². The van der Waals surface area contributed by atoms with Gasteiger partial charge in [-0.2, -0.15) is 0 Å². The highest BCUT2D eigenvalue weighted by molar-refractivity contribution is 5.94. The number of carboxylic acid groups (broad SMARTS) is 1. The number of pyridine rings is 1. The Morgan fingerprint density at radius 2 is 1.67 bits per heavy atom. The number of anilines is 2. The highest BCUT2D eigenvalue weighted by Crippen LogP contribution is 2.29. The van der Waals surface area contributed by atoms with E-state index in [0.29, 0.717) is 13.1 Å². The molecule has 172 valence electrons. The molecule has 0 saturated carbocycles. The van der Waals surface area contributed by atoms with Crippen LogP contribution in [0.5, 0.6) is 0 Å². The third kappa shape index (κ3) is 4.29. The fourth-order valence-corrected chi connectivity index (χ4v) is 3.96. The van der Waals surface area contributed by atoms with Gasteiger partial charge in [0.2, 0.25) is 11.3 Å². The van der Waals surface area contributed by atoms with Crippen molar-refractivity contribution in [2.75, 3.05) is 43.4 Å². The molecule has 1 aliphatic heterocycles. The number of amides is 1. The summed E-state index contributed by atoms with van der Waals surface area (Å²) in [4.78, 5) is 39.7. The number of benzene rings is 2. The Morgan fingerprint density at radius 1 is 1.00 bits per heavy atom. The number of nitrogens with zero attached hydrogens (tertiary/aromatic N) is 3. The standard InChI is InChI=1S/C23H22F2N4O4/c1-13(30)26-14-3-4-19(17(24)9-14)29-12-16(23(32)33)22(31)15-10-18(25)21(11-20(15)29)28-7-5-27(2)6-8-28/h3-4,9-12H,5-8H2,1-2H3,(H,26,30)(H,32,33). The smallest absolute Gasteiger partial charge is 0.341 e. The Labute approximate surface area is 187 Å². The lowest BCUT2D eigenvalue weighted by molar-refractivity contribution is -0.114. The number of aromatic nitrogens is 1. The zero-order valence-corrected chi connectivity index (χ0v) is 18.1. The summed E-state index contributed by atoms with van der Waals surface area (Å²) in [5.41, 5.74) is -0.870. The number of nitrogens with one attached hydrogen (secondary N) is 1. The second-order valence-electron chi connectivity index (χ2n) is 8.01. The van der Waals surface area contributed by atoms with E-state index in [1.165, 1.54) is 29.7 Å². The van der Waals surface area contributed by atoms with Gasteiger partial charge in [-0.3, -0.25) is 9.59 Å². The lowest BCUT2D eigenvalue weighted by Gasteiger charge is -2.34. The maximum Gasteiger partial charge on any atom is 0.341 e. The van der Waals surface area contributed by atoms with Gasteiger partial charge in [-0.05, 0) is 37.4 Å². The number of carbonyl (C=O) groups is 2. The molecule has 1 fully saturated rings. The highest BCUT2D eigenvalue weighted by Gasteiger charge is 2.22. The number of aromatic carboxylic acids is 1. The summed E-state index contributed by atoms with van der Waals surface area (Å²) in [7, 11) is 1.96. The van der Waals surface area contributed by atoms with Crippen LogP contribution in [-0.2, 0) is 4.79 Å². The Balaban J connectivity index is 1.95. The molecule has 3 aromatic rings. The van der Waals surface area contributed by atoms with E-state index in [2.05, 4.69) is 10.2 Å². The number of carbonyl (C=O) groups excluding carboxylic acids is 1. The second kappa shape index (κ2) is 8.62. The maximum absolute atomic E-state index is 15.0. The van der Waals surface area contributed by atoms with Crippen molar-refractivity contribution in [3.8, 4) is 5.69 Å². The van der Waals surface area contributed by atoms with E-state index in [0.717, 1.165) is 31.4 Å². The first-order chi connectivity index (χ1) is 15.7. The lowest BCUT2D eigenvalue weighted by atomic mass is 10.1. The molecular formula is C23H22F2N4O4. The van der Waals surface area contributed by atoms with Crippen molar-refractivity contribution in [2.45, 2.75) is 6.92 Å².